The summed E-state index contributed by atoms with van der Waals surface area (Å²) in [4.78, 5) is 14.9. The Labute approximate surface area is 137 Å². The lowest BCUT2D eigenvalue weighted by Gasteiger charge is -2.24. The highest BCUT2D eigenvalue weighted by Gasteiger charge is 2.19. The van der Waals surface area contributed by atoms with Crippen LogP contribution in [-0.2, 0) is 11.2 Å². The van der Waals surface area contributed by atoms with Crippen molar-refractivity contribution in [1.29, 1.82) is 0 Å². The summed E-state index contributed by atoms with van der Waals surface area (Å²) in [5.74, 6) is 1.66. The van der Waals surface area contributed by atoms with E-state index in [-0.39, 0.29) is 12.1 Å². The summed E-state index contributed by atoms with van der Waals surface area (Å²) in [5, 5.41) is 0. The van der Waals surface area contributed by atoms with E-state index in [0.717, 1.165) is 31.4 Å². The van der Waals surface area contributed by atoms with Crippen LogP contribution in [0.3, 0.4) is 0 Å². The number of carbonyl (C=O) groups excluding carboxylic acids is 1. The van der Waals surface area contributed by atoms with Crippen molar-refractivity contribution in [3.8, 4) is 5.75 Å². The number of nitrogens with zero attached hydrogens (tertiary/aromatic N) is 1. The maximum absolute atomic E-state index is 12.0. The number of rotatable bonds is 7. The number of benzene rings is 1. The molecular weight excluding hydrogens is 298 g/mol. The second kappa shape index (κ2) is 8.32. The van der Waals surface area contributed by atoms with Crippen molar-refractivity contribution in [2.75, 3.05) is 19.6 Å². The fraction of sp³-hybridized carbons (Fsp3) is 0.588. The van der Waals surface area contributed by atoms with Crippen molar-refractivity contribution in [2.24, 2.45) is 0 Å². The molecule has 1 aromatic carbocycles. The van der Waals surface area contributed by atoms with Gasteiger partial charge in [-0.05, 0) is 37.5 Å². The summed E-state index contributed by atoms with van der Waals surface area (Å²) in [6.07, 6.45) is 3.74. The van der Waals surface area contributed by atoms with E-state index in [1.807, 2.05) is 13.0 Å². The Balaban J connectivity index is 1.82. The number of thioether (sulfide) groups is 1. The molecule has 5 heteroatoms. The van der Waals surface area contributed by atoms with Gasteiger partial charge >= 0.3 is 6.09 Å². The lowest BCUT2D eigenvalue weighted by molar-refractivity contribution is 0.0979. The molecule has 1 aliphatic heterocycles. The van der Waals surface area contributed by atoms with Crippen LogP contribution < -0.4 is 4.74 Å². The van der Waals surface area contributed by atoms with Crippen LogP contribution in [0.25, 0.3) is 0 Å². The van der Waals surface area contributed by atoms with Crippen molar-refractivity contribution in [3.63, 3.8) is 0 Å². The van der Waals surface area contributed by atoms with Gasteiger partial charge < -0.3 is 14.4 Å². The van der Waals surface area contributed by atoms with Crippen molar-refractivity contribution in [1.82, 2.24) is 4.90 Å². The first kappa shape index (κ1) is 17.0. The van der Waals surface area contributed by atoms with Gasteiger partial charge in [0.25, 0.3) is 0 Å². The number of carbonyl (C=O) groups is 1. The molecule has 0 radical (unpaired) electrons. The molecule has 4 nitrogen and oxygen atoms in total. The van der Waals surface area contributed by atoms with E-state index < -0.39 is 0 Å². The summed E-state index contributed by atoms with van der Waals surface area (Å²) in [7, 11) is 1.80. The quantitative estimate of drug-likeness (QED) is 0.701. The third kappa shape index (κ3) is 4.57. The lowest BCUT2D eigenvalue weighted by Crippen LogP contribution is -2.37. The average Bonchev–Trinajstić information content (AvgIpc) is 2.98. The Morgan fingerprint density at radius 2 is 2.27 bits per heavy atom. The first-order valence-corrected chi connectivity index (χ1v) is 8.88. The van der Waals surface area contributed by atoms with E-state index in [1.165, 1.54) is 10.5 Å². The molecule has 1 aromatic rings. The van der Waals surface area contributed by atoms with Gasteiger partial charge in [0.1, 0.15) is 11.7 Å². The van der Waals surface area contributed by atoms with Crippen molar-refractivity contribution in [2.45, 2.75) is 50.5 Å². The van der Waals surface area contributed by atoms with Crippen molar-refractivity contribution < 1.29 is 14.3 Å². The second-order valence-corrected chi connectivity index (χ2v) is 6.64. The minimum atomic E-state index is -0.234. The Hall–Kier alpha value is -1.36. The molecule has 0 aliphatic carbocycles. The van der Waals surface area contributed by atoms with Gasteiger partial charge in [-0.25, -0.2) is 4.79 Å². The molecule has 0 spiro atoms. The summed E-state index contributed by atoms with van der Waals surface area (Å²) in [6, 6.07) is 6.34. The van der Waals surface area contributed by atoms with E-state index >= 15 is 0 Å². The summed E-state index contributed by atoms with van der Waals surface area (Å²) in [6.45, 7) is 4.69. The molecule has 122 valence electrons. The zero-order valence-corrected chi connectivity index (χ0v) is 14.4. The van der Waals surface area contributed by atoms with Crippen molar-refractivity contribution >= 4 is 17.9 Å². The Morgan fingerprint density at radius 3 is 3.05 bits per heavy atom. The Morgan fingerprint density at radius 1 is 1.45 bits per heavy atom. The van der Waals surface area contributed by atoms with Crippen LogP contribution in [0, 0.1) is 0 Å². The predicted molar refractivity (Wildman–Crippen MR) is 89.6 cm³/mol. The fourth-order valence-electron chi connectivity index (χ4n) is 2.34. The monoisotopic (exact) mass is 323 g/mol. The fourth-order valence-corrected chi connectivity index (χ4v) is 3.16. The van der Waals surface area contributed by atoms with Gasteiger partial charge in [-0.15, -0.1) is 0 Å². The van der Waals surface area contributed by atoms with Crippen LogP contribution in [0.15, 0.2) is 23.1 Å². The maximum Gasteiger partial charge on any atom is 0.409 e. The minimum Gasteiger partial charge on any atom is -0.481 e. The SMILES string of the molecule is CCCCCOC(=O)N(C)C(C)Cc1ccc2c(c1)SCO2. The molecule has 0 saturated heterocycles. The Kier molecular flexibility index (Phi) is 6.43. The molecule has 0 N–H and O–H groups in total. The minimum absolute atomic E-state index is 0.101. The normalized spacial score (nSPS) is 14.1. The molecule has 22 heavy (non-hydrogen) atoms. The van der Waals surface area contributed by atoms with E-state index in [1.54, 1.807) is 23.7 Å². The van der Waals surface area contributed by atoms with Gasteiger partial charge in [0.15, 0.2) is 0 Å². The van der Waals surface area contributed by atoms with E-state index in [2.05, 4.69) is 19.1 Å². The third-order valence-corrected chi connectivity index (χ3v) is 4.76. The lowest BCUT2D eigenvalue weighted by atomic mass is 10.1. The second-order valence-electron chi connectivity index (χ2n) is 5.67. The van der Waals surface area contributed by atoms with Gasteiger partial charge in [-0.2, -0.15) is 0 Å². The zero-order valence-electron chi connectivity index (χ0n) is 13.6. The third-order valence-electron chi connectivity index (χ3n) is 3.89. The molecule has 1 aliphatic rings. The average molecular weight is 323 g/mol. The van der Waals surface area contributed by atoms with Gasteiger partial charge in [-0.1, -0.05) is 37.6 Å². The number of ether oxygens (including phenoxy) is 2. The number of hydrogen-bond acceptors (Lipinski definition) is 4. The van der Waals surface area contributed by atoms with Gasteiger partial charge in [-0.3, -0.25) is 0 Å². The number of likely N-dealkylation sites (N-methyl/N-ethyl adjacent to an activating group) is 1. The van der Waals surface area contributed by atoms with Gasteiger partial charge in [0.05, 0.1) is 11.5 Å². The molecule has 1 atom stereocenters. The summed E-state index contributed by atoms with van der Waals surface area (Å²) < 4.78 is 10.8. The molecule has 1 amide bonds. The molecule has 1 unspecified atom stereocenters. The van der Waals surface area contributed by atoms with E-state index in [4.69, 9.17) is 9.47 Å². The van der Waals surface area contributed by atoms with Gasteiger partial charge in [0.2, 0.25) is 0 Å². The number of amides is 1. The van der Waals surface area contributed by atoms with Crippen LogP contribution in [-0.4, -0.2) is 36.6 Å². The summed E-state index contributed by atoms with van der Waals surface area (Å²) >= 11 is 1.71. The first-order chi connectivity index (χ1) is 10.6. The maximum atomic E-state index is 12.0. The molecule has 2 rings (SSSR count). The highest BCUT2D eigenvalue weighted by atomic mass is 32.2. The smallest absolute Gasteiger partial charge is 0.409 e. The Bertz CT molecular complexity index is 507. The molecule has 0 bridgehead atoms. The van der Waals surface area contributed by atoms with Crippen LogP contribution in [0.5, 0.6) is 5.75 Å². The first-order valence-electron chi connectivity index (χ1n) is 7.90. The number of unbranched alkanes of at least 4 members (excludes halogenated alkanes) is 2. The largest absolute Gasteiger partial charge is 0.481 e. The topological polar surface area (TPSA) is 38.8 Å². The highest BCUT2D eigenvalue weighted by molar-refractivity contribution is 7.99. The molecule has 1 heterocycles. The predicted octanol–water partition coefficient (Wildman–Crippen LogP) is 4.32. The number of hydrogen-bond donors (Lipinski definition) is 0. The highest BCUT2D eigenvalue weighted by Crippen LogP contribution is 2.36. The standard InChI is InChI=1S/C17H25NO3S/c1-4-5-6-9-20-17(19)18(3)13(2)10-14-7-8-15-16(11-14)22-12-21-15/h7-8,11,13H,4-6,9-10,12H2,1-3H3. The van der Waals surface area contributed by atoms with Crippen LogP contribution in [0.2, 0.25) is 0 Å². The van der Waals surface area contributed by atoms with Crippen LogP contribution >= 0.6 is 11.8 Å². The molecule has 0 saturated carbocycles. The molecule has 0 fully saturated rings. The molecule has 0 aromatic heterocycles. The van der Waals surface area contributed by atoms with E-state index in [9.17, 15) is 4.79 Å². The van der Waals surface area contributed by atoms with Crippen LogP contribution in [0.4, 0.5) is 4.79 Å². The number of fused-ring (bicyclic) bond motifs is 1. The van der Waals surface area contributed by atoms with Gasteiger partial charge in [0, 0.05) is 13.1 Å². The van der Waals surface area contributed by atoms with Crippen molar-refractivity contribution in [3.05, 3.63) is 23.8 Å². The van der Waals surface area contributed by atoms with Crippen LogP contribution in [0.1, 0.15) is 38.7 Å². The molecular formula is C17H25NO3S. The van der Waals surface area contributed by atoms with E-state index in [0.29, 0.717) is 12.5 Å². The summed E-state index contributed by atoms with van der Waals surface area (Å²) in [5.41, 5.74) is 1.22. The zero-order chi connectivity index (χ0) is 15.9.